The molecule has 0 bridgehead atoms. The van der Waals surface area contributed by atoms with E-state index in [-0.39, 0.29) is 5.43 Å². The molecule has 0 amide bonds. The second-order valence-electron chi connectivity index (χ2n) is 3.97. The van der Waals surface area contributed by atoms with E-state index in [4.69, 9.17) is 11.6 Å². The third kappa shape index (κ3) is 1.74. The van der Waals surface area contributed by atoms with Crippen LogP contribution in [0.1, 0.15) is 24.6 Å². The molecule has 84 valence electrons. The Morgan fingerprint density at radius 1 is 1.38 bits per heavy atom. The highest BCUT2D eigenvalue weighted by molar-refractivity contribution is 6.35. The van der Waals surface area contributed by atoms with Crippen molar-refractivity contribution in [1.82, 2.24) is 4.98 Å². The highest BCUT2D eigenvalue weighted by Gasteiger charge is 2.09. The first-order valence-electron chi connectivity index (χ1n) is 5.45. The molecule has 0 radical (unpaired) electrons. The lowest BCUT2D eigenvalue weighted by atomic mass is 10.0. The van der Waals surface area contributed by atoms with Crippen LogP contribution in [0.5, 0.6) is 0 Å². The van der Waals surface area contributed by atoms with Crippen LogP contribution < -0.4 is 5.43 Å². The summed E-state index contributed by atoms with van der Waals surface area (Å²) in [5, 5.41) is 1.28. The summed E-state index contributed by atoms with van der Waals surface area (Å²) in [7, 11) is 0. The minimum Gasteiger partial charge on any atom is -0.357 e. The van der Waals surface area contributed by atoms with Gasteiger partial charge in [0.05, 0.1) is 10.5 Å². The summed E-state index contributed by atoms with van der Waals surface area (Å²) in [6.07, 6.45) is 1.78. The molecule has 2 rings (SSSR count). The average molecular weight is 236 g/mol. The molecule has 0 spiro atoms. The van der Waals surface area contributed by atoms with Gasteiger partial charge in [-0.05, 0) is 25.5 Å². The van der Waals surface area contributed by atoms with E-state index in [0.717, 1.165) is 29.6 Å². The van der Waals surface area contributed by atoms with Gasteiger partial charge in [-0.1, -0.05) is 31.0 Å². The number of aryl methyl sites for hydroxylation is 1. The third-order valence-corrected chi connectivity index (χ3v) is 3.11. The summed E-state index contributed by atoms with van der Waals surface area (Å²) in [6, 6.07) is 5.42. The van der Waals surface area contributed by atoms with Gasteiger partial charge in [0.1, 0.15) is 0 Å². The number of nitrogens with one attached hydrogen (secondary N) is 1. The van der Waals surface area contributed by atoms with E-state index < -0.39 is 0 Å². The summed E-state index contributed by atoms with van der Waals surface area (Å²) in [4.78, 5) is 15.4. The van der Waals surface area contributed by atoms with Gasteiger partial charge in [-0.15, -0.1) is 0 Å². The maximum atomic E-state index is 12.2. The third-order valence-electron chi connectivity index (χ3n) is 2.80. The number of rotatable bonds is 2. The van der Waals surface area contributed by atoms with Crippen LogP contribution in [0.2, 0.25) is 5.02 Å². The lowest BCUT2D eigenvalue weighted by Gasteiger charge is -2.07. The predicted octanol–water partition coefficient (Wildman–Crippen LogP) is 3.44. The van der Waals surface area contributed by atoms with Crippen molar-refractivity contribution in [2.75, 3.05) is 0 Å². The Morgan fingerprint density at radius 2 is 2.12 bits per heavy atom. The molecule has 1 heterocycles. The Balaban J connectivity index is 2.84. The van der Waals surface area contributed by atoms with Gasteiger partial charge >= 0.3 is 0 Å². The summed E-state index contributed by atoms with van der Waals surface area (Å²) >= 11 is 6.06. The number of benzene rings is 1. The molecule has 0 saturated carbocycles. The molecule has 3 heteroatoms. The molecule has 2 aromatic rings. The number of para-hydroxylation sites is 1. The number of pyridine rings is 1. The second-order valence-corrected chi connectivity index (χ2v) is 4.38. The van der Waals surface area contributed by atoms with Crippen LogP contribution in [0.15, 0.2) is 23.0 Å². The highest BCUT2D eigenvalue weighted by atomic mass is 35.5. The summed E-state index contributed by atoms with van der Waals surface area (Å²) in [5.41, 5.74) is 2.65. The van der Waals surface area contributed by atoms with Crippen LogP contribution in [0.3, 0.4) is 0 Å². The number of H-pyrrole nitrogens is 1. The molecule has 2 nitrogen and oxygen atoms in total. The van der Waals surface area contributed by atoms with Crippen LogP contribution >= 0.6 is 11.6 Å². The molecule has 0 atom stereocenters. The van der Waals surface area contributed by atoms with Crippen LogP contribution in [-0.2, 0) is 6.42 Å². The van der Waals surface area contributed by atoms with Gasteiger partial charge in [-0.2, -0.15) is 0 Å². The van der Waals surface area contributed by atoms with Crippen molar-refractivity contribution in [2.45, 2.75) is 26.7 Å². The fourth-order valence-electron chi connectivity index (χ4n) is 1.99. The Labute approximate surface area is 99.3 Å². The topological polar surface area (TPSA) is 32.9 Å². The van der Waals surface area contributed by atoms with Crippen molar-refractivity contribution in [2.24, 2.45) is 0 Å². The number of halogens is 1. The van der Waals surface area contributed by atoms with E-state index in [1.165, 1.54) is 0 Å². The molecular weight excluding hydrogens is 222 g/mol. The number of hydrogen-bond acceptors (Lipinski definition) is 1. The van der Waals surface area contributed by atoms with Crippen LogP contribution in [0, 0.1) is 6.92 Å². The highest BCUT2D eigenvalue weighted by Crippen LogP contribution is 2.20. The number of hydrogen-bond donors (Lipinski definition) is 1. The lowest BCUT2D eigenvalue weighted by molar-refractivity contribution is 0.895. The second kappa shape index (κ2) is 4.30. The zero-order valence-electron chi connectivity index (χ0n) is 9.43. The smallest absolute Gasteiger partial charge is 0.192 e. The molecule has 0 fully saturated rings. The number of aromatic amines is 1. The fraction of sp³-hybridized carbons (Fsp3) is 0.308. The van der Waals surface area contributed by atoms with Gasteiger partial charge in [0.25, 0.3) is 0 Å². The van der Waals surface area contributed by atoms with Crippen LogP contribution in [-0.4, -0.2) is 4.98 Å². The summed E-state index contributed by atoms with van der Waals surface area (Å²) < 4.78 is 0. The molecule has 0 aliphatic carbocycles. The Morgan fingerprint density at radius 3 is 2.81 bits per heavy atom. The van der Waals surface area contributed by atoms with Crippen LogP contribution in [0.25, 0.3) is 10.9 Å². The quantitative estimate of drug-likeness (QED) is 0.850. The maximum absolute atomic E-state index is 12.2. The first-order chi connectivity index (χ1) is 7.65. The molecule has 1 N–H and O–H groups in total. The lowest BCUT2D eigenvalue weighted by Crippen LogP contribution is -2.13. The normalized spacial score (nSPS) is 10.9. The molecule has 1 aromatic carbocycles. The molecule has 0 unspecified atom stereocenters. The first kappa shape index (κ1) is 11.2. The van der Waals surface area contributed by atoms with E-state index >= 15 is 0 Å². The van der Waals surface area contributed by atoms with Crippen molar-refractivity contribution in [1.29, 1.82) is 0 Å². The standard InChI is InChI=1S/C13H14ClNO/c1-3-5-9-8(2)15-12-10(13(9)16)6-4-7-11(12)14/h4,6-7H,3,5H2,1-2H3,(H,15,16). The minimum absolute atomic E-state index is 0.107. The van der Waals surface area contributed by atoms with Crippen molar-refractivity contribution >= 4 is 22.5 Å². The first-order valence-corrected chi connectivity index (χ1v) is 5.83. The van der Waals surface area contributed by atoms with E-state index in [2.05, 4.69) is 11.9 Å². The monoisotopic (exact) mass is 235 g/mol. The van der Waals surface area contributed by atoms with Crippen molar-refractivity contribution in [3.63, 3.8) is 0 Å². The summed E-state index contributed by atoms with van der Waals surface area (Å²) in [5.74, 6) is 0. The largest absolute Gasteiger partial charge is 0.357 e. The number of aromatic nitrogens is 1. The molecule has 16 heavy (non-hydrogen) atoms. The number of fused-ring (bicyclic) bond motifs is 1. The molecule has 0 aliphatic heterocycles. The minimum atomic E-state index is 0.107. The van der Waals surface area contributed by atoms with E-state index in [0.29, 0.717) is 10.4 Å². The molecular formula is C13H14ClNO. The molecule has 0 saturated heterocycles. The SMILES string of the molecule is CCCc1c(C)[nH]c2c(Cl)cccc2c1=O. The fourth-order valence-corrected chi connectivity index (χ4v) is 2.21. The van der Waals surface area contributed by atoms with Crippen molar-refractivity contribution < 1.29 is 0 Å². The van der Waals surface area contributed by atoms with E-state index in [1.807, 2.05) is 19.1 Å². The van der Waals surface area contributed by atoms with E-state index in [9.17, 15) is 4.79 Å². The van der Waals surface area contributed by atoms with Crippen molar-refractivity contribution in [3.05, 3.63) is 44.7 Å². The predicted molar refractivity (Wildman–Crippen MR) is 68.3 cm³/mol. The van der Waals surface area contributed by atoms with Gasteiger partial charge in [0.15, 0.2) is 5.43 Å². The van der Waals surface area contributed by atoms with Gasteiger partial charge in [-0.3, -0.25) is 4.79 Å². The zero-order valence-corrected chi connectivity index (χ0v) is 10.2. The van der Waals surface area contributed by atoms with Crippen LogP contribution in [0.4, 0.5) is 0 Å². The van der Waals surface area contributed by atoms with Gasteiger partial charge in [0, 0.05) is 16.6 Å². The Hall–Kier alpha value is -1.28. The van der Waals surface area contributed by atoms with Gasteiger partial charge in [-0.25, -0.2) is 0 Å². The van der Waals surface area contributed by atoms with Gasteiger partial charge in [0.2, 0.25) is 0 Å². The maximum Gasteiger partial charge on any atom is 0.192 e. The van der Waals surface area contributed by atoms with Crippen molar-refractivity contribution in [3.8, 4) is 0 Å². The molecule has 1 aromatic heterocycles. The summed E-state index contributed by atoms with van der Waals surface area (Å²) in [6.45, 7) is 4.00. The van der Waals surface area contributed by atoms with Gasteiger partial charge < -0.3 is 4.98 Å². The Kier molecular flexibility index (Phi) is 3.01. The average Bonchev–Trinajstić information content (AvgIpc) is 2.26. The van der Waals surface area contributed by atoms with E-state index in [1.54, 1.807) is 6.07 Å². The zero-order chi connectivity index (χ0) is 11.7. The molecule has 0 aliphatic rings. The Bertz CT molecular complexity index is 586.